The van der Waals surface area contributed by atoms with Crippen LogP contribution in [0.4, 0.5) is 5.69 Å². The Morgan fingerprint density at radius 3 is 2.40 bits per heavy atom. The topological polar surface area (TPSA) is 100 Å². The first kappa shape index (κ1) is 20.6. The van der Waals surface area contributed by atoms with Crippen LogP contribution in [0.1, 0.15) is 31.8 Å². The molecule has 0 radical (unpaired) electrons. The summed E-state index contributed by atoms with van der Waals surface area (Å²) >= 11 is 0. The van der Waals surface area contributed by atoms with Crippen LogP contribution in [0.15, 0.2) is 71.8 Å². The van der Waals surface area contributed by atoms with Crippen molar-refractivity contribution in [1.82, 2.24) is 5.43 Å². The van der Waals surface area contributed by atoms with Crippen molar-refractivity contribution in [3.63, 3.8) is 0 Å². The summed E-state index contributed by atoms with van der Waals surface area (Å²) in [5.74, 6) is -0.286. The highest BCUT2D eigenvalue weighted by molar-refractivity contribution is 6.04. The number of anilines is 1. The maximum Gasteiger partial charge on any atom is 0.271 e. The molecule has 0 fully saturated rings. The predicted molar refractivity (Wildman–Crippen MR) is 115 cm³/mol. The van der Waals surface area contributed by atoms with Crippen LogP contribution in [-0.2, 0) is 0 Å². The number of phenolic OH excluding ortho intramolecular Hbond substituents is 1. The molecule has 0 aliphatic heterocycles. The molecule has 3 N–H and O–H groups in total. The van der Waals surface area contributed by atoms with E-state index in [-0.39, 0.29) is 11.7 Å². The van der Waals surface area contributed by atoms with Gasteiger partial charge in [-0.3, -0.25) is 9.59 Å². The molecule has 0 aliphatic rings. The summed E-state index contributed by atoms with van der Waals surface area (Å²) in [5.41, 5.74) is 5.55. The van der Waals surface area contributed by atoms with E-state index in [1.807, 2.05) is 19.1 Å². The van der Waals surface area contributed by atoms with Crippen molar-refractivity contribution in [3.8, 4) is 11.5 Å². The van der Waals surface area contributed by atoms with Crippen LogP contribution in [0.3, 0.4) is 0 Å². The van der Waals surface area contributed by atoms with Gasteiger partial charge in [0.1, 0.15) is 0 Å². The molecule has 0 saturated heterocycles. The van der Waals surface area contributed by atoms with Crippen molar-refractivity contribution in [3.05, 3.63) is 89.0 Å². The highest BCUT2D eigenvalue weighted by atomic mass is 16.5. The SMILES string of the molecule is COc1ccc(/C=N/NC(=O)c2ccc(NC(=O)c3cccc(C)c3)cc2)cc1O. The molecule has 0 heterocycles. The summed E-state index contributed by atoms with van der Waals surface area (Å²) in [6, 6.07) is 18.5. The second-order valence-electron chi connectivity index (χ2n) is 6.53. The second kappa shape index (κ2) is 9.38. The number of nitrogens with one attached hydrogen (secondary N) is 2. The van der Waals surface area contributed by atoms with Crippen molar-refractivity contribution in [2.24, 2.45) is 5.10 Å². The van der Waals surface area contributed by atoms with Gasteiger partial charge in [-0.05, 0) is 67.1 Å². The third kappa shape index (κ3) is 5.23. The van der Waals surface area contributed by atoms with Gasteiger partial charge in [0.25, 0.3) is 11.8 Å². The predicted octanol–water partition coefficient (Wildman–Crippen LogP) is 3.73. The van der Waals surface area contributed by atoms with Gasteiger partial charge in [-0.1, -0.05) is 17.7 Å². The minimum Gasteiger partial charge on any atom is -0.504 e. The minimum atomic E-state index is -0.402. The van der Waals surface area contributed by atoms with Crippen molar-refractivity contribution < 1.29 is 19.4 Å². The number of hydrogen-bond acceptors (Lipinski definition) is 5. The first-order valence-corrected chi connectivity index (χ1v) is 9.15. The lowest BCUT2D eigenvalue weighted by atomic mass is 10.1. The molecular weight excluding hydrogens is 382 g/mol. The number of phenols is 1. The number of carbonyl (C=O) groups excluding carboxylic acids is 2. The van der Waals surface area contributed by atoms with E-state index in [9.17, 15) is 14.7 Å². The van der Waals surface area contributed by atoms with Crippen LogP contribution in [0.5, 0.6) is 11.5 Å². The number of benzene rings is 3. The number of hydrogen-bond donors (Lipinski definition) is 3. The fraction of sp³-hybridized carbons (Fsp3) is 0.0870. The lowest BCUT2D eigenvalue weighted by Gasteiger charge is -2.07. The van der Waals surface area contributed by atoms with Gasteiger partial charge in [0, 0.05) is 16.8 Å². The van der Waals surface area contributed by atoms with Crippen LogP contribution in [0.25, 0.3) is 0 Å². The third-order valence-corrected chi connectivity index (χ3v) is 4.27. The lowest BCUT2D eigenvalue weighted by Crippen LogP contribution is -2.18. The first-order chi connectivity index (χ1) is 14.5. The average Bonchev–Trinajstić information content (AvgIpc) is 2.74. The Kier molecular flexibility index (Phi) is 6.44. The number of aryl methyl sites for hydroxylation is 1. The average molecular weight is 403 g/mol. The summed E-state index contributed by atoms with van der Waals surface area (Å²) < 4.78 is 4.97. The zero-order valence-corrected chi connectivity index (χ0v) is 16.5. The van der Waals surface area contributed by atoms with E-state index >= 15 is 0 Å². The number of methoxy groups -OCH3 is 1. The van der Waals surface area contributed by atoms with Crippen LogP contribution < -0.4 is 15.5 Å². The molecule has 0 atom stereocenters. The quantitative estimate of drug-likeness (QED) is 0.431. The van der Waals surface area contributed by atoms with Gasteiger partial charge in [-0.2, -0.15) is 5.10 Å². The number of carbonyl (C=O) groups is 2. The molecule has 3 aromatic carbocycles. The number of amides is 2. The number of ether oxygens (including phenoxy) is 1. The molecule has 0 bridgehead atoms. The van der Waals surface area contributed by atoms with E-state index < -0.39 is 5.91 Å². The monoisotopic (exact) mass is 403 g/mol. The molecular formula is C23H21N3O4. The molecule has 152 valence electrons. The molecule has 3 aromatic rings. The molecule has 7 heteroatoms. The van der Waals surface area contributed by atoms with E-state index in [4.69, 9.17) is 4.74 Å². The summed E-state index contributed by atoms with van der Waals surface area (Å²) in [4.78, 5) is 24.5. The van der Waals surface area contributed by atoms with Gasteiger partial charge in [0.15, 0.2) is 11.5 Å². The Morgan fingerprint density at radius 1 is 0.967 bits per heavy atom. The van der Waals surface area contributed by atoms with E-state index in [1.54, 1.807) is 48.5 Å². The van der Waals surface area contributed by atoms with Crippen LogP contribution in [0.2, 0.25) is 0 Å². The number of nitrogens with zero attached hydrogens (tertiary/aromatic N) is 1. The Labute approximate surface area is 174 Å². The Balaban J connectivity index is 1.58. The highest BCUT2D eigenvalue weighted by Crippen LogP contribution is 2.25. The number of rotatable bonds is 6. The fourth-order valence-corrected chi connectivity index (χ4v) is 2.71. The number of aromatic hydroxyl groups is 1. The van der Waals surface area contributed by atoms with Gasteiger partial charge in [-0.15, -0.1) is 0 Å². The van der Waals surface area contributed by atoms with Crippen LogP contribution >= 0.6 is 0 Å². The third-order valence-electron chi connectivity index (χ3n) is 4.27. The minimum absolute atomic E-state index is 0.0175. The summed E-state index contributed by atoms with van der Waals surface area (Å²) in [5, 5.41) is 16.4. The van der Waals surface area contributed by atoms with Crippen molar-refractivity contribution in [1.29, 1.82) is 0 Å². The molecule has 7 nitrogen and oxygen atoms in total. The highest BCUT2D eigenvalue weighted by Gasteiger charge is 2.08. The van der Waals surface area contributed by atoms with Crippen molar-refractivity contribution >= 4 is 23.7 Å². The fourth-order valence-electron chi connectivity index (χ4n) is 2.71. The first-order valence-electron chi connectivity index (χ1n) is 9.15. The molecule has 0 saturated carbocycles. The smallest absolute Gasteiger partial charge is 0.271 e. The molecule has 0 aliphatic carbocycles. The zero-order valence-electron chi connectivity index (χ0n) is 16.5. The normalized spacial score (nSPS) is 10.6. The molecule has 0 aromatic heterocycles. The van der Waals surface area contributed by atoms with E-state index in [1.165, 1.54) is 19.4 Å². The standard InChI is InChI=1S/C23H21N3O4/c1-15-4-3-5-18(12-15)22(28)25-19-9-7-17(8-10-19)23(29)26-24-14-16-6-11-21(30-2)20(27)13-16/h3-14,27H,1-2H3,(H,25,28)(H,26,29)/b24-14+. The zero-order chi connectivity index (χ0) is 21.5. The van der Waals surface area contributed by atoms with Crippen molar-refractivity contribution in [2.75, 3.05) is 12.4 Å². The maximum atomic E-state index is 12.3. The van der Waals surface area contributed by atoms with Crippen LogP contribution in [-0.4, -0.2) is 30.2 Å². The van der Waals surface area contributed by atoms with Gasteiger partial charge < -0.3 is 15.2 Å². The summed E-state index contributed by atoms with van der Waals surface area (Å²) in [7, 11) is 1.46. The van der Waals surface area contributed by atoms with Gasteiger partial charge in [0.05, 0.1) is 13.3 Å². The Morgan fingerprint density at radius 2 is 1.73 bits per heavy atom. The van der Waals surface area contributed by atoms with E-state index in [2.05, 4.69) is 15.8 Å². The van der Waals surface area contributed by atoms with Gasteiger partial charge >= 0.3 is 0 Å². The van der Waals surface area contributed by atoms with E-state index in [0.717, 1.165) is 5.56 Å². The maximum absolute atomic E-state index is 12.3. The Hall–Kier alpha value is -4.13. The largest absolute Gasteiger partial charge is 0.504 e. The second-order valence-corrected chi connectivity index (χ2v) is 6.53. The number of hydrazone groups is 1. The molecule has 0 unspecified atom stereocenters. The lowest BCUT2D eigenvalue weighted by molar-refractivity contribution is 0.0954. The van der Waals surface area contributed by atoms with Crippen molar-refractivity contribution in [2.45, 2.75) is 6.92 Å². The molecule has 3 rings (SSSR count). The van der Waals surface area contributed by atoms with E-state index in [0.29, 0.717) is 28.1 Å². The van der Waals surface area contributed by atoms with Crippen LogP contribution in [0, 0.1) is 6.92 Å². The Bertz CT molecular complexity index is 1090. The molecule has 0 spiro atoms. The van der Waals surface area contributed by atoms with Gasteiger partial charge in [-0.25, -0.2) is 5.43 Å². The molecule has 30 heavy (non-hydrogen) atoms. The summed E-state index contributed by atoms with van der Waals surface area (Å²) in [6.07, 6.45) is 1.41. The van der Waals surface area contributed by atoms with Gasteiger partial charge in [0.2, 0.25) is 0 Å². The summed E-state index contributed by atoms with van der Waals surface area (Å²) in [6.45, 7) is 1.92. The molecule has 2 amide bonds.